The Morgan fingerprint density at radius 1 is 1.00 bits per heavy atom. The van der Waals surface area contributed by atoms with Gasteiger partial charge < -0.3 is 10.4 Å². The molecule has 2 unspecified atom stereocenters. The van der Waals surface area contributed by atoms with Gasteiger partial charge >= 0.3 is 0 Å². The van der Waals surface area contributed by atoms with Crippen LogP contribution >= 0.6 is 11.8 Å². The molecular weight excluding hydrogens is 206 g/mol. The Bertz CT molecular complexity index is 200. The van der Waals surface area contributed by atoms with E-state index in [9.17, 15) is 5.11 Å². The van der Waals surface area contributed by atoms with Gasteiger partial charge in [-0.25, -0.2) is 0 Å². The third-order valence-corrected chi connectivity index (χ3v) is 5.08. The second-order valence-electron chi connectivity index (χ2n) is 4.94. The predicted molar refractivity (Wildman–Crippen MR) is 66.3 cm³/mol. The quantitative estimate of drug-likeness (QED) is 0.778. The molecule has 0 aliphatic heterocycles. The van der Waals surface area contributed by atoms with E-state index in [0.717, 1.165) is 11.7 Å². The first-order valence-corrected chi connectivity index (χ1v) is 7.57. The first-order chi connectivity index (χ1) is 7.31. The molecule has 3 heteroatoms. The van der Waals surface area contributed by atoms with E-state index < -0.39 is 0 Å². The van der Waals surface area contributed by atoms with Crippen molar-refractivity contribution < 1.29 is 5.11 Å². The van der Waals surface area contributed by atoms with Crippen LogP contribution in [0.15, 0.2) is 0 Å². The first kappa shape index (κ1) is 11.7. The Labute approximate surface area is 97.2 Å². The molecule has 15 heavy (non-hydrogen) atoms. The fraction of sp³-hybridized carbons (Fsp3) is 1.00. The molecule has 2 N–H and O–H groups in total. The van der Waals surface area contributed by atoms with E-state index in [1.165, 1.54) is 38.5 Å². The molecule has 0 aromatic heterocycles. The van der Waals surface area contributed by atoms with Crippen molar-refractivity contribution in [1.29, 1.82) is 0 Å². The Balaban J connectivity index is 1.85. The highest BCUT2D eigenvalue weighted by Crippen LogP contribution is 2.29. The maximum absolute atomic E-state index is 9.81. The predicted octanol–water partition coefficient (Wildman–Crippen LogP) is 2.16. The Morgan fingerprint density at radius 2 is 1.73 bits per heavy atom. The summed E-state index contributed by atoms with van der Waals surface area (Å²) in [5, 5.41) is 14.3. The molecule has 0 radical (unpaired) electrons. The lowest BCUT2D eigenvalue weighted by Gasteiger charge is -2.34. The smallest absolute Gasteiger partial charge is 0.0693 e. The lowest BCUT2D eigenvalue weighted by atomic mass is 9.94. The average Bonchev–Trinajstić information content (AvgIpc) is 2.65. The maximum atomic E-state index is 9.81. The third-order valence-electron chi connectivity index (χ3n) is 3.91. The van der Waals surface area contributed by atoms with Crippen LogP contribution in [-0.4, -0.2) is 34.8 Å². The fourth-order valence-electron chi connectivity index (χ4n) is 2.98. The van der Waals surface area contributed by atoms with Gasteiger partial charge in [-0.1, -0.05) is 12.8 Å². The minimum absolute atomic E-state index is 0.0885. The van der Waals surface area contributed by atoms with Crippen molar-refractivity contribution in [3.63, 3.8) is 0 Å². The molecule has 2 aliphatic carbocycles. The van der Waals surface area contributed by atoms with Crippen LogP contribution in [0.3, 0.4) is 0 Å². The van der Waals surface area contributed by atoms with Gasteiger partial charge in [0.2, 0.25) is 0 Å². The summed E-state index contributed by atoms with van der Waals surface area (Å²) >= 11 is 1.99. The largest absolute Gasteiger partial charge is 0.392 e. The van der Waals surface area contributed by atoms with E-state index in [0.29, 0.717) is 12.1 Å². The molecule has 0 aromatic carbocycles. The van der Waals surface area contributed by atoms with E-state index >= 15 is 0 Å². The van der Waals surface area contributed by atoms with Gasteiger partial charge in [0.15, 0.2) is 0 Å². The summed E-state index contributed by atoms with van der Waals surface area (Å²) in [5.74, 6) is 0. The summed E-state index contributed by atoms with van der Waals surface area (Å²) in [5.41, 5.74) is 0. The van der Waals surface area contributed by atoms with E-state index in [1.54, 1.807) is 0 Å². The van der Waals surface area contributed by atoms with Crippen molar-refractivity contribution in [3.05, 3.63) is 0 Å². The third kappa shape index (κ3) is 2.89. The topological polar surface area (TPSA) is 32.3 Å². The van der Waals surface area contributed by atoms with Crippen LogP contribution < -0.4 is 5.32 Å². The fourth-order valence-corrected chi connectivity index (χ4v) is 3.93. The van der Waals surface area contributed by atoms with Crippen molar-refractivity contribution in [2.45, 2.75) is 68.4 Å². The molecule has 0 aromatic rings. The number of hydrogen-bond acceptors (Lipinski definition) is 3. The van der Waals surface area contributed by atoms with Crippen molar-refractivity contribution in [1.82, 2.24) is 5.32 Å². The first-order valence-electron chi connectivity index (χ1n) is 6.28. The van der Waals surface area contributed by atoms with Gasteiger partial charge in [0.1, 0.15) is 0 Å². The van der Waals surface area contributed by atoms with Crippen LogP contribution in [0.4, 0.5) is 0 Å². The van der Waals surface area contributed by atoms with Gasteiger partial charge in [-0.2, -0.15) is 11.8 Å². The van der Waals surface area contributed by atoms with Crippen molar-refractivity contribution in [2.24, 2.45) is 0 Å². The summed E-state index contributed by atoms with van der Waals surface area (Å²) in [6, 6.07) is 1.02. The number of aliphatic hydroxyl groups is 1. The zero-order valence-electron chi connectivity index (χ0n) is 9.61. The van der Waals surface area contributed by atoms with Crippen LogP contribution in [0.1, 0.15) is 44.9 Å². The molecule has 4 atom stereocenters. The maximum Gasteiger partial charge on any atom is 0.0693 e. The molecule has 0 amide bonds. The highest BCUT2D eigenvalue weighted by Gasteiger charge is 2.31. The van der Waals surface area contributed by atoms with Crippen molar-refractivity contribution in [3.8, 4) is 0 Å². The van der Waals surface area contributed by atoms with Gasteiger partial charge in [-0.15, -0.1) is 0 Å². The summed E-state index contributed by atoms with van der Waals surface area (Å²) in [4.78, 5) is 0. The molecule has 2 nitrogen and oxygen atoms in total. The molecule has 2 fully saturated rings. The molecule has 88 valence electrons. The Hall–Kier alpha value is 0.270. The lowest BCUT2D eigenvalue weighted by Crippen LogP contribution is -2.48. The molecule has 2 rings (SSSR count). The number of nitrogens with one attached hydrogen (secondary N) is 1. The number of hydrogen-bond donors (Lipinski definition) is 2. The van der Waals surface area contributed by atoms with E-state index in [-0.39, 0.29) is 6.10 Å². The van der Waals surface area contributed by atoms with Crippen LogP contribution in [0, 0.1) is 0 Å². The SMILES string of the molecule is CSC1CCCCC1N[C@H]1CCC[C@@H]1O. The molecule has 2 aliphatic rings. The summed E-state index contributed by atoms with van der Waals surface area (Å²) < 4.78 is 0. The molecule has 0 saturated heterocycles. The van der Waals surface area contributed by atoms with Gasteiger partial charge in [-0.05, 0) is 38.4 Å². The summed E-state index contributed by atoms with van der Waals surface area (Å²) in [6.45, 7) is 0. The minimum Gasteiger partial charge on any atom is -0.392 e. The van der Waals surface area contributed by atoms with Gasteiger partial charge in [0.05, 0.1) is 6.10 Å². The Morgan fingerprint density at radius 3 is 2.40 bits per heavy atom. The molecular formula is C12H23NOS. The normalized spacial score (nSPS) is 42.0. The summed E-state index contributed by atoms with van der Waals surface area (Å²) in [6.07, 6.45) is 10.9. The van der Waals surface area contributed by atoms with Crippen molar-refractivity contribution >= 4 is 11.8 Å². The summed E-state index contributed by atoms with van der Waals surface area (Å²) in [7, 11) is 0. The lowest BCUT2D eigenvalue weighted by molar-refractivity contribution is 0.139. The Kier molecular flexibility index (Phi) is 4.35. The van der Waals surface area contributed by atoms with Crippen LogP contribution in [-0.2, 0) is 0 Å². The van der Waals surface area contributed by atoms with Crippen LogP contribution in [0.2, 0.25) is 0 Å². The van der Waals surface area contributed by atoms with Crippen LogP contribution in [0.5, 0.6) is 0 Å². The van der Waals surface area contributed by atoms with E-state index in [2.05, 4.69) is 11.6 Å². The van der Waals surface area contributed by atoms with Gasteiger partial charge in [-0.3, -0.25) is 0 Å². The molecule has 0 bridgehead atoms. The zero-order valence-corrected chi connectivity index (χ0v) is 10.4. The second kappa shape index (κ2) is 5.55. The zero-order chi connectivity index (χ0) is 10.7. The highest BCUT2D eigenvalue weighted by atomic mass is 32.2. The standard InChI is InChI=1S/C12H23NOS/c1-15-12-8-3-2-5-10(12)13-9-6-4-7-11(9)14/h9-14H,2-8H2,1H3/t9-,10?,11-,12?/m0/s1. The molecule has 0 heterocycles. The monoisotopic (exact) mass is 229 g/mol. The van der Waals surface area contributed by atoms with Crippen molar-refractivity contribution in [2.75, 3.05) is 6.26 Å². The highest BCUT2D eigenvalue weighted by molar-refractivity contribution is 7.99. The molecule has 2 saturated carbocycles. The molecule has 0 spiro atoms. The van der Waals surface area contributed by atoms with E-state index in [1.807, 2.05) is 11.8 Å². The van der Waals surface area contributed by atoms with Crippen LogP contribution in [0.25, 0.3) is 0 Å². The van der Waals surface area contributed by atoms with Gasteiger partial charge in [0.25, 0.3) is 0 Å². The van der Waals surface area contributed by atoms with Gasteiger partial charge in [0, 0.05) is 17.3 Å². The van der Waals surface area contributed by atoms with E-state index in [4.69, 9.17) is 0 Å². The minimum atomic E-state index is -0.0885. The second-order valence-corrected chi connectivity index (χ2v) is 6.01. The number of aliphatic hydroxyl groups excluding tert-OH is 1. The number of thioether (sulfide) groups is 1. The number of rotatable bonds is 3. The average molecular weight is 229 g/mol.